The van der Waals surface area contributed by atoms with Gasteiger partial charge in [-0.2, -0.15) is 11.8 Å². The summed E-state index contributed by atoms with van der Waals surface area (Å²) in [5.74, 6) is 3.43. The van der Waals surface area contributed by atoms with E-state index in [-0.39, 0.29) is 34.3 Å². The molecule has 0 amide bonds. The Balaban J connectivity index is 3.52. The van der Waals surface area contributed by atoms with Crippen molar-refractivity contribution < 1.29 is 28.8 Å². The van der Waals surface area contributed by atoms with E-state index in [0.29, 0.717) is 54.9 Å². The maximum absolute atomic E-state index is 12.0. The molecule has 0 aliphatic heterocycles. The molecule has 1 atom stereocenters. The third kappa shape index (κ3) is 24.8. The summed E-state index contributed by atoms with van der Waals surface area (Å²) in [5, 5.41) is 19.8. The van der Waals surface area contributed by atoms with Crippen molar-refractivity contribution in [3.8, 4) is 0 Å². The molecule has 15 heteroatoms. The minimum absolute atomic E-state index is 0.0134. The molecule has 0 radical (unpaired) electrons. The molecule has 0 rings (SSSR count). The van der Waals surface area contributed by atoms with Gasteiger partial charge in [0.05, 0.1) is 35.6 Å². The Bertz CT molecular complexity index is 524. The summed E-state index contributed by atoms with van der Waals surface area (Å²) >= 11 is 10.9. The monoisotopic (exact) mass is 604 g/mol. The zero-order chi connectivity index (χ0) is 23.2. The van der Waals surface area contributed by atoms with Crippen LogP contribution in [0.1, 0.15) is 0 Å². The fourth-order valence-electron chi connectivity index (χ4n) is 1.41. The van der Waals surface area contributed by atoms with Crippen LogP contribution in [-0.4, -0.2) is 104 Å². The van der Waals surface area contributed by atoms with E-state index in [4.69, 9.17) is 10.2 Å². The predicted octanol–water partition coefficient (Wildman–Crippen LogP) is 3.00. The van der Waals surface area contributed by atoms with Gasteiger partial charge in [0.15, 0.2) is 15.3 Å². The van der Waals surface area contributed by atoms with E-state index in [2.05, 4.69) is 0 Å². The molecule has 0 aromatic carbocycles. The van der Waals surface area contributed by atoms with E-state index in [0.717, 1.165) is 0 Å². The van der Waals surface area contributed by atoms with E-state index in [1.165, 1.54) is 94.1 Å². The second-order valence-corrected chi connectivity index (χ2v) is 16.6. The van der Waals surface area contributed by atoms with Gasteiger partial charge in [0.2, 0.25) is 0 Å². The SMILES string of the molecule is O=C(CSCCS(=O)CSCSC(=O)CSCC(=O)SCSCCO)SCSCCO. The molecule has 0 saturated carbocycles. The Labute approximate surface area is 221 Å². The normalized spacial score (nSPS) is 12.1. The number of hydrogen-bond acceptors (Lipinski definition) is 14. The molecule has 0 aromatic heterocycles. The fourth-order valence-corrected chi connectivity index (χ4v) is 11.0. The van der Waals surface area contributed by atoms with Crippen LogP contribution in [0.4, 0.5) is 0 Å². The average molecular weight is 605 g/mol. The van der Waals surface area contributed by atoms with Gasteiger partial charge in [-0.15, -0.1) is 47.0 Å². The van der Waals surface area contributed by atoms with E-state index in [1.807, 2.05) is 0 Å². The molecule has 0 aliphatic rings. The second-order valence-electron chi connectivity index (χ2n) is 5.18. The Hall–Kier alpha value is 1.88. The van der Waals surface area contributed by atoms with Gasteiger partial charge in [-0.3, -0.25) is 18.6 Å². The fraction of sp³-hybridized carbons (Fsp3) is 0.812. The molecule has 0 aromatic rings. The highest BCUT2D eigenvalue weighted by molar-refractivity contribution is 8.27. The number of thioether (sulfide) groups is 8. The van der Waals surface area contributed by atoms with Crippen LogP contribution in [0.15, 0.2) is 0 Å². The van der Waals surface area contributed by atoms with Crippen molar-refractivity contribution in [1.82, 2.24) is 0 Å². The van der Waals surface area contributed by atoms with Crippen molar-refractivity contribution in [3.05, 3.63) is 0 Å². The van der Waals surface area contributed by atoms with Crippen molar-refractivity contribution in [3.63, 3.8) is 0 Å². The summed E-state index contributed by atoms with van der Waals surface area (Å²) in [4.78, 5) is 35.1. The summed E-state index contributed by atoms with van der Waals surface area (Å²) < 4.78 is 12.0. The van der Waals surface area contributed by atoms with Crippen LogP contribution in [0.2, 0.25) is 0 Å². The lowest BCUT2D eigenvalue weighted by atomic mass is 10.9. The first-order valence-corrected chi connectivity index (χ1v) is 19.1. The molecule has 2 N–H and O–H groups in total. The molecule has 1 unspecified atom stereocenters. The highest BCUT2D eigenvalue weighted by atomic mass is 32.2. The van der Waals surface area contributed by atoms with Gasteiger partial charge < -0.3 is 10.2 Å². The van der Waals surface area contributed by atoms with E-state index >= 15 is 0 Å². The summed E-state index contributed by atoms with van der Waals surface area (Å²) in [6, 6.07) is 0. The lowest BCUT2D eigenvalue weighted by Crippen LogP contribution is -2.06. The van der Waals surface area contributed by atoms with Crippen molar-refractivity contribution in [2.75, 3.05) is 73.8 Å². The van der Waals surface area contributed by atoms with E-state index < -0.39 is 10.8 Å². The zero-order valence-corrected chi connectivity index (χ0v) is 24.2. The minimum atomic E-state index is -0.977. The van der Waals surface area contributed by atoms with Gasteiger partial charge in [0.25, 0.3) is 0 Å². The van der Waals surface area contributed by atoms with E-state index in [1.54, 1.807) is 0 Å². The molecule has 0 aliphatic carbocycles. The van der Waals surface area contributed by atoms with Crippen LogP contribution in [0.5, 0.6) is 0 Å². The number of rotatable bonds is 21. The maximum atomic E-state index is 12.0. The molecular formula is C16H28O6S9. The summed E-state index contributed by atoms with van der Waals surface area (Å²) in [7, 11) is -0.977. The molecule has 0 fully saturated rings. The van der Waals surface area contributed by atoms with Gasteiger partial charge in [-0.25, -0.2) is 0 Å². The summed E-state index contributed by atoms with van der Waals surface area (Å²) in [6.45, 7) is 0.230. The van der Waals surface area contributed by atoms with Crippen LogP contribution in [0.25, 0.3) is 0 Å². The first-order chi connectivity index (χ1) is 15.0. The average Bonchev–Trinajstić information content (AvgIpc) is 2.75. The number of carbonyl (C=O) groups is 3. The smallest absolute Gasteiger partial charge is 0.199 e. The Morgan fingerprint density at radius 3 is 1.55 bits per heavy atom. The minimum Gasteiger partial charge on any atom is -0.396 e. The van der Waals surface area contributed by atoms with Crippen LogP contribution in [0, 0.1) is 0 Å². The highest BCUT2D eigenvalue weighted by Gasteiger charge is 2.09. The van der Waals surface area contributed by atoms with Gasteiger partial charge in [0, 0.05) is 49.1 Å². The number of hydrogen-bond donors (Lipinski definition) is 2. The number of aliphatic hydroxyl groups excluding tert-OH is 2. The topological polar surface area (TPSA) is 109 Å². The van der Waals surface area contributed by atoms with Crippen LogP contribution >= 0.6 is 94.1 Å². The third-order valence-corrected chi connectivity index (χ3v) is 13.5. The lowest BCUT2D eigenvalue weighted by Gasteiger charge is -2.04. The van der Waals surface area contributed by atoms with Crippen LogP contribution < -0.4 is 0 Å². The van der Waals surface area contributed by atoms with Crippen molar-refractivity contribution in [1.29, 1.82) is 0 Å². The standard InChI is InChI=1S/C16H28O6S9/c17-1-3-24-10-28-14(19)7-23-5-6-31(22)13-27-12-30-16(21)9-26-8-15(20)29-11-25-4-2-18/h17-18H,1-13H2. The zero-order valence-electron chi connectivity index (χ0n) is 16.9. The van der Waals surface area contributed by atoms with Crippen LogP contribution in [-0.2, 0) is 25.2 Å². The van der Waals surface area contributed by atoms with Crippen molar-refractivity contribution >= 4 is 120 Å². The Kier molecular flexibility index (Phi) is 26.5. The largest absolute Gasteiger partial charge is 0.396 e. The van der Waals surface area contributed by atoms with Crippen LogP contribution in [0.3, 0.4) is 0 Å². The quantitative estimate of drug-likeness (QED) is 0.148. The molecule has 182 valence electrons. The van der Waals surface area contributed by atoms with Gasteiger partial charge in [0.1, 0.15) is 0 Å². The number of aliphatic hydroxyl groups is 2. The highest BCUT2D eigenvalue weighted by Crippen LogP contribution is 2.19. The number of carbonyl (C=O) groups excluding carboxylic acids is 3. The van der Waals surface area contributed by atoms with Crippen molar-refractivity contribution in [2.24, 2.45) is 0 Å². The molecule has 0 saturated heterocycles. The maximum Gasteiger partial charge on any atom is 0.199 e. The molecule has 0 spiro atoms. The molecule has 31 heavy (non-hydrogen) atoms. The van der Waals surface area contributed by atoms with Gasteiger partial charge in [-0.05, 0) is 0 Å². The van der Waals surface area contributed by atoms with Gasteiger partial charge >= 0.3 is 0 Å². The molecular weight excluding hydrogens is 577 g/mol. The Morgan fingerprint density at radius 1 is 0.613 bits per heavy atom. The third-order valence-electron chi connectivity index (χ3n) is 2.71. The van der Waals surface area contributed by atoms with E-state index in [9.17, 15) is 18.6 Å². The first kappa shape index (κ1) is 32.9. The first-order valence-electron chi connectivity index (χ1n) is 8.91. The lowest BCUT2D eigenvalue weighted by molar-refractivity contribution is -0.109. The second kappa shape index (κ2) is 25.0. The predicted molar refractivity (Wildman–Crippen MR) is 152 cm³/mol. The molecule has 0 bridgehead atoms. The summed E-state index contributed by atoms with van der Waals surface area (Å²) in [5.41, 5.74) is 0. The molecule has 6 nitrogen and oxygen atoms in total. The summed E-state index contributed by atoms with van der Waals surface area (Å²) in [6.07, 6.45) is 0. The van der Waals surface area contributed by atoms with Crippen molar-refractivity contribution in [2.45, 2.75) is 0 Å². The Morgan fingerprint density at radius 2 is 1.06 bits per heavy atom. The van der Waals surface area contributed by atoms with Gasteiger partial charge in [-0.1, -0.05) is 35.3 Å². The molecule has 0 heterocycles.